The van der Waals surface area contributed by atoms with Crippen molar-refractivity contribution in [2.45, 2.75) is 40.7 Å². The zero-order chi connectivity index (χ0) is 13.7. The molecule has 0 atom stereocenters. The lowest BCUT2D eigenvalue weighted by atomic mass is 10.0. The lowest BCUT2D eigenvalue weighted by Crippen LogP contribution is -2.11. The van der Waals surface area contributed by atoms with Gasteiger partial charge in [0.05, 0.1) is 4.92 Å². The Balaban J connectivity index is 2.20. The molecule has 2 rings (SSSR count). The van der Waals surface area contributed by atoms with Gasteiger partial charge in [0.2, 0.25) is 0 Å². The fourth-order valence-corrected chi connectivity index (χ4v) is 2.64. The molecule has 1 aromatic rings. The maximum atomic E-state index is 10.7. The summed E-state index contributed by atoms with van der Waals surface area (Å²) in [5, 5.41) is 14.2. The minimum absolute atomic E-state index is 0.146. The summed E-state index contributed by atoms with van der Waals surface area (Å²) in [4.78, 5) is 10.3. The summed E-state index contributed by atoms with van der Waals surface area (Å²) in [5.74, 6) is 0. The number of hydrogen-bond acceptors (Lipinski definition) is 3. The van der Waals surface area contributed by atoms with Gasteiger partial charge in [-0.2, -0.15) is 0 Å². The fraction of sp³-hybridized carbons (Fsp3) is 0.571. The van der Waals surface area contributed by atoms with Crippen molar-refractivity contribution in [3.8, 4) is 0 Å². The minimum atomic E-state index is -0.359. The number of hydrogen-bond donors (Lipinski definition) is 1. The average molecular weight is 248 g/mol. The van der Waals surface area contributed by atoms with Crippen LogP contribution in [0.5, 0.6) is 0 Å². The van der Waals surface area contributed by atoms with E-state index in [4.69, 9.17) is 0 Å². The molecule has 0 heterocycles. The Morgan fingerprint density at radius 3 is 2.17 bits per heavy atom. The van der Waals surface area contributed by atoms with Crippen molar-refractivity contribution in [1.82, 2.24) is 0 Å². The van der Waals surface area contributed by atoms with Crippen molar-refractivity contribution in [3.05, 3.63) is 33.9 Å². The highest BCUT2D eigenvalue weighted by Crippen LogP contribution is 2.63. The molecule has 4 heteroatoms. The second kappa shape index (κ2) is 3.70. The number of aryl methyl sites for hydroxylation is 1. The Hall–Kier alpha value is -1.58. The Kier molecular flexibility index (Phi) is 2.65. The van der Waals surface area contributed by atoms with Gasteiger partial charge in [0.25, 0.3) is 5.69 Å². The molecule has 0 aromatic heterocycles. The van der Waals surface area contributed by atoms with Crippen LogP contribution in [0.2, 0.25) is 0 Å². The Morgan fingerprint density at radius 2 is 1.78 bits per heavy atom. The predicted octanol–water partition coefficient (Wildman–Crippen LogP) is 3.75. The molecule has 1 aliphatic carbocycles. The van der Waals surface area contributed by atoms with Gasteiger partial charge in [-0.05, 0) is 29.4 Å². The topological polar surface area (TPSA) is 55.2 Å². The van der Waals surface area contributed by atoms with Gasteiger partial charge in [-0.1, -0.05) is 27.7 Å². The highest BCUT2D eigenvalue weighted by Gasteiger charge is 2.64. The van der Waals surface area contributed by atoms with E-state index in [0.29, 0.717) is 6.04 Å². The van der Waals surface area contributed by atoms with E-state index in [2.05, 4.69) is 33.0 Å². The van der Waals surface area contributed by atoms with Crippen LogP contribution in [0, 0.1) is 27.9 Å². The van der Waals surface area contributed by atoms with Crippen molar-refractivity contribution in [2.75, 3.05) is 5.32 Å². The Labute approximate surface area is 108 Å². The molecular weight excluding hydrogens is 228 g/mol. The van der Waals surface area contributed by atoms with E-state index in [1.165, 1.54) is 0 Å². The summed E-state index contributed by atoms with van der Waals surface area (Å²) in [6.45, 7) is 10.9. The van der Waals surface area contributed by atoms with Crippen LogP contribution < -0.4 is 5.32 Å². The zero-order valence-corrected chi connectivity index (χ0v) is 11.6. The number of nitro benzene ring substituents is 1. The molecule has 18 heavy (non-hydrogen) atoms. The summed E-state index contributed by atoms with van der Waals surface area (Å²) >= 11 is 0. The molecule has 0 radical (unpaired) electrons. The second-order valence-corrected chi connectivity index (χ2v) is 6.28. The molecule has 4 nitrogen and oxygen atoms in total. The van der Waals surface area contributed by atoms with E-state index < -0.39 is 0 Å². The lowest BCUT2D eigenvalue weighted by Gasteiger charge is -2.11. The minimum Gasteiger partial charge on any atom is -0.381 e. The quantitative estimate of drug-likeness (QED) is 0.654. The van der Waals surface area contributed by atoms with Crippen LogP contribution in [0.4, 0.5) is 11.4 Å². The van der Waals surface area contributed by atoms with E-state index in [1.807, 2.05) is 6.92 Å². The SMILES string of the molecule is Cc1cc([N+](=O)[O-])ccc1NC1C(C)(C)C1(C)C. The molecule has 1 fully saturated rings. The van der Waals surface area contributed by atoms with Gasteiger partial charge < -0.3 is 5.32 Å². The highest BCUT2D eigenvalue weighted by atomic mass is 16.6. The third-order valence-electron chi connectivity index (χ3n) is 4.74. The van der Waals surface area contributed by atoms with Crippen molar-refractivity contribution < 1.29 is 4.92 Å². The van der Waals surface area contributed by atoms with Crippen molar-refractivity contribution in [2.24, 2.45) is 10.8 Å². The monoisotopic (exact) mass is 248 g/mol. The standard InChI is InChI=1S/C14H20N2O2/c1-9-8-10(16(17)18)6-7-11(9)15-12-13(2,3)14(12,4)5/h6-8,12,15H,1-5H3. The summed E-state index contributed by atoms with van der Waals surface area (Å²) < 4.78 is 0. The molecule has 0 amide bonds. The van der Waals surface area contributed by atoms with Gasteiger partial charge >= 0.3 is 0 Å². The zero-order valence-electron chi connectivity index (χ0n) is 11.6. The maximum absolute atomic E-state index is 10.7. The van der Waals surface area contributed by atoms with Gasteiger partial charge in [-0.3, -0.25) is 10.1 Å². The number of anilines is 1. The van der Waals surface area contributed by atoms with Crippen LogP contribution in [0.25, 0.3) is 0 Å². The average Bonchev–Trinajstić information content (AvgIpc) is 2.63. The largest absolute Gasteiger partial charge is 0.381 e. The molecule has 1 aliphatic rings. The van der Waals surface area contributed by atoms with Gasteiger partial charge in [0.1, 0.15) is 0 Å². The van der Waals surface area contributed by atoms with Gasteiger partial charge in [0.15, 0.2) is 0 Å². The molecule has 98 valence electrons. The van der Waals surface area contributed by atoms with Crippen LogP contribution in [0.3, 0.4) is 0 Å². The first-order valence-electron chi connectivity index (χ1n) is 6.19. The molecule has 0 unspecified atom stereocenters. The Bertz CT molecular complexity index is 493. The van der Waals surface area contributed by atoms with E-state index >= 15 is 0 Å². The molecule has 1 N–H and O–H groups in total. The number of nitrogens with zero attached hydrogens (tertiary/aromatic N) is 1. The van der Waals surface area contributed by atoms with Crippen LogP contribution in [-0.2, 0) is 0 Å². The molecule has 1 aromatic carbocycles. The van der Waals surface area contributed by atoms with E-state index in [0.717, 1.165) is 11.3 Å². The van der Waals surface area contributed by atoms with E-state index in [-0.39, 0.29) is 21.4 Å². The summed E-state index contributed by atoms with van der Waals surface area (Å²) in [6, 6.07) is 5.38. The van der Waals surface area contributed by atoms with Crippen molar-refractivity contribution in [3.63, 3.8) is 0 Å². The van der Waals surface area contributed by atoms with Gasteiger partial charge in [-0.25, -0.2) is 0 Å². The number of non-ortho nitro benzene ring substituents is 1. The first kappa shape index (κ1) is 12.9. The summed E-state index contributed by atoms with van der Waals surface area (Å²) in [7, 11) is 0. The van der Waals surface area contributed by atoms with E-state index in [1.54, 1.807) is 18.2 Å². The van der Waals surface area contributed by atoms with Gasteiger partial charge in [-0.15, -0.1) is 0 Å². The second-order valence-electron chi connectivity index (χ2n) is 6.28. The molecule has 0 aliphatic heterocycles. The first-order chi connectivity index (χ1) is 8.18. The first-order valence-corrected chi connectivity index (χ1v) is 6.19. The summed E-state index contributed by atoms with van der Waals surface area (Å²) in [5.41, 5.74) is 2.56. The third kappa shape index (κ3) is 1.76. The molecule has 0 spiro atoms. The van der Waals surface area contributed by atoms with Crippen LogP contribution in [-0.4, -0.2) is 11.0 Å². The molecular formula is C14H20N2O2. The normalized spacial score (nSPS) is 20.5. The van der Waals surface area contributed by atoms with Crippen LogP contribution in [0.1, 0.15) is 33.3 Å². The number of rotatable bonds is 3. The van der Waals surface area contributed by atoms with E-state index in [9.17, 15) is 10.1 Å². The Morgan fingerprint density at radius 1 is 1.22 bits per heavy atom. The highest BCUT2D eigenvalue weighted by molar-refractivity contribution is 5.57. The smallest absolute Gasteiger partial charge is 0.269 e. The number of nitro groups is 1. The third-order valence-corrected chi connectivity index (χ3v) is 4.74. The van der Waals surface area contributed by atoms with Gasteiger partial charge in [0, 0.05) is 23.9 Å². The maximum Gasteiger partial charge on any atom is 0.269 e. The fourth-order valence-electron chi connectivity index (χ4n) is 2.64. The molecule has 0 bridgehead atoms. The molecule has 1 saturated carbocycles. The lowest BCUT2D eigenvalue weighted by molar-refractivity contribution is -0.384. The van der Waals surface area contributed by atoms with Crippen molar-refractivity contribution >= 4 is 11.4 Å². The van der Waals surface area contributed by atoms with Crippen LogP contribution in [0.15, 0.2) is 18.2 Å². The predicted molar refractivity (Wildman–Crippen MR) is 72.8 cm³/mol. The molecule has 0 saturated heterocycles. The van der Waals surface area contributed by atoms with Crippen LogP contribution >= 0.6 is 0 Å². The number of benzene rings is 1. The van der Waals surface area contributed by atoms with Crippen molar-refractivity contribution in [1.29, 1.82) is 0 Å². The number of nitrogens with one attached hydrogen (secondary N) is 1. The summed E-state index contributed by atoms with van der Waals surface area (Å²) in [6.07, 6.45) is 0.